The van der Waals surface area contributed by atoms with E-state index in [0.29, 0.717) is 36.7 Å². The lowest BCUT2D eigenvalue weighted by Crippen LogP contribution is -2.50. The van der Waals surface area contributed by atoms with Gasteiger partial charge in [0.2, 0.25) is 0 Å². The van der Waals surface area contributed by atoms with E-state index in [1.807, 2.05) is 39.0 Å². The normalized spacial score (nSPS) is 15.2. The summed E-state index contributed by atoms with van der Waals surface area (Å²) in [6, 6.07) is 13.7. The predicted octanol–water partition coefficient (Wildman–Crippen LogP) is 4.59. The van der Waals surface area contributed by atoms with Crippen LogP contribution in [-0.2, 0) is 14.8 Å². The molecule has 1 aromatic heterocycles. The summed E-state index contributed by atoms with van der Waals surface area (Å²) in [4.78, 5) is 16.3. The molecule has 0 bridgehead atoms. The summed E-state index contributed by atoms with van der Waals surface area (Å²) in [6.45, 7) is 7.67. The third-order valence-electron chi connectivity index (χ3n) is 5.28. The lowest BCUT2D eigenvalue weighted by molar-refractivity contribution is 0.0240. The highest BCUT2D eigenvalue weighted by molar-refractivity contribution is 7.90. The fourth-order valence-corrected chi connectivity index (χ4v) is 5.45. The van der Waals surface area contributed by atoms with Crippen molar-refractivity contribution >= 4 is 44.3 Å². The van der Waals surface area contributed by atoms with Gasteiger partial charge in [-0.3, -0.25) is 0 Å². The molecule has 32 heavy (non-hydrogen) atoms. The number of para-hydroxylation sites is 1. The number of nitrogens with zero attached hydrogens (tertiary/aromatic N) is 3. The third-order valence-corrected chi connectivity index (χ3v) is 7.19. The molecule has 1 aliphatic heterocycles. The molecule has 0 unspecified atom stereocenters. The molecule has 3 aromatic rings. The van der Waals surface area contributed by atoms with E-state index >= 15 is 0 Å². The average molecular weight is 476 g/mol. The van der Waals surface area contributed by atoms with Crippen LogP contribution in [0.4, 0.5) is 10.5 Å². The van der Waals surface area contributed by atoms with E-state index in [1.54, 1.807) is 29.3 Å². The largest absolute Gasteiger partial charge is 0.444 e. The summed E-state index contributed by atoms with van der Waals surface area (Å²) >= 11 is 6.04. The second-order valence-corrected chi connectivity index (χ2v) is 11.0. The summed E-state index contributed by atoms with van der Waals surface area (Å²) in [5, 5.41) is 1.20. The van der Waals surface area contributed by atoms with Crippen LogP contribution in [0.5, 0.6) is 0 Å². The Bertz CT molecular complexity index is 1260. The summed E-state index contributed by atoms with van der Waals surface area (Å²) in [5.41, 5.74) is 0.864. The van der Waals surface area contributed by atoms with E-state index in [1.165, 1.54) is 16.1 Å². The van der Waals surface area contributed by atoms with E-state index < -0.39 is 15.6 Å². The van der Waals surface area contributed by atoms with E-state index in [-0.39, 0.29) is 11.0 Å². The average Bonchev–Trinajstić information content (AvgIpc) is 3.13. The number of hydrogen-bond acceptors (Lipinski definition) is 5. The quantitative estimate of drug-likeness (QED) is 0.554. The van der Waals surface area contributed by atoms with Crippen LogP contribution in [0.2, 0.25) is 5.02 Å². The van der Waals surface area contributed by atoms with Gasteiger partial charge in [-0.05, 0) is 45.0 Å². The molecule has 1 saturated heterocycles. The van der Waals surface area contributed by atoms with Crippen LogP contribution in [-0.4, -0.2) is 55.2 Å². The number of fused-ring (bicyclic) bond motifs is 1. The Morgan fingerprint density at radius 3 is 2.34 bits per heavy atom. The number of benzene rings is 2. The van der Waals surface area contributed by atoms with Crippen molar-refractivity contribution in [3.63, 3.8) is 0 Å². The van der Waals surface area contributed by atoms with Gasteiger partial charge in [0.15, 0.2) is 0 Å². The molecule has 0 atom stereocenters. The number of carbonyl (C=O) groups is 1. The second-order valence-electron chi connectivity index (χ2n) is 8.74. The van der Waals surface area contributed by atoms with Crippen molar-refractivity contribution in [3.05, 3.63) is 59.8 Å². The van der Waals surface area contributed by atoms with Gasteiger partial charge < -0.3 is 14.5 Å². The summed E-state index contributed by atoms with van der Waals surface area (Å²) in [5.74, 6) is 0. The molecular weight excluding hydrogens is 450 g/mol. The lowest BCUT2D eigenvalue weighted by atomic mass is 10.2. The van der Waals surface area contributed by atoms with Crippen LogP contribution in [0.15, 0.2) is 59.6 Å². The number of amides is 1. The Kier molecular flexibility index (Phi) is 5.85. The fraction of sp³-hybridized carbons (Fsp3) is 0.348. The molecule has 7 nitrogen and oxygen atoms in total. The highest BCUT2D eigenvalue weighted by Gasteiger charge is 2.28. The standard InChI is InChI=1S/C23H26ClN3O4S/c1-23(2,3)31-22(28)26-13-11-25(12-14-26)21-16-27(20-10-5-4-9-19(20)21)32(29,30)18-8-6-7-17(24)15-18/h4-10,15-16H,11-14H2,1-3H3. The summed E-state index contributed by atoms with van der Waals surface area (Å²) in [7, 11) is -3.83. The zero-order chi connectivity index (χ0) is 23.1. The Morgan fingerprint density at radius 2 is 1.69 bits per heavy atom. The maximum Gasteiger partial charge on any atom is 0.410 e. The van der Waals surface area contributed by atoms with Crippen LogP contribution < -0.4 is 4.90 Å². The van der Waals surface area contributed by atoms with Gasteiger partial charge in [-0.1, -0.05) is 35.9 Å². The number of ether oxygens (including phenoxy) is 1. The molecule has 1 amide bonds. The smallest absolute Gasteiger partial charge is 0.410 e. The molecule has 2 aromatic carbocycles. The number of rotatable bonds is 3. The van der Waals surface area contributed by atoms with E-state index in [9.17, 15) is 13.2 Å². The first-order valence-electron chi connectivity index (χ1n) is 10.4. The van der Waals surface area contributed by atoms with Crippen LogP contribution >= 0.6 is 11.6 Å². The molecular formula is C23H26ClN3O4S. The first-order chi connectivity index (χ1) is 15.1. The summed E-state index contributed by atoms with van der Waals surface area (Å²) in [6.07, 6.45) is 1.33. The van der Waals surface area contributed by atoms with Gasteiger partial charge in [-0.25, -0.2) is 17.2 Å². The van der Waals surface area contributed by atoms with Gasteiger partial charge in [-0.15, -0.1) is 0 Å². The van der Waals surface area contributed by atoms with Crippen LogP contribution in [0, 0.1) is 0 Å². The molecule has 1 fully saturated rings. The number of piperazine rings is 1. The molecule has 9 heteroatoms. The van der Waals surface area contributed by atoms with E-state index in [4.69, 9.17) is 16.3 Å². The summed E-state index contributed by atoms with van der Waals surface area (Å²) < 4.78 is 33.6. The highest BCUT2D eigenvalue weighted by Crippen LogP contribution is 2.33. The molecule has 1 aliphatic rings. The third kappa shape index (κ3) is 4.42. The van der Waals surface area contributed by atoms with Crippen molar-refractivity contribution in [2.45, 2.75) is 31.3 Å². The molecule has 4 rings (SSSR count). The van der Waals surface area contributed by atoms with E-state index in [2.05, 4.69) is 4.90 Å². The molecule has 2 heterocycles. The van der Waals surface area contributed by atoms with Crippen molar-refractivity contribution in [3.8, 4) is 0 Å². The molecule has 0 saturated carbocycles. The highest BCUT2D eigenvalue weighted by atomic mass is 35.5. The van der Waals surface area contributed by atoms with Gasteiger partial charge in [0.1, 0.15) is 5.60 Å². The van der Waals surface area contributed by atoms with E-state index in [0.717, 1.165) is 11.1 Å². The van der Waals surface area contributed by atoms with Gasteiger partial charge in [0, 0.05) is 42.8 Å². The van der Waals surface area contributed by atoms with Gasteiger partial charge >= 0.3 is 6.09 Å². The zero-order valence-electron chi connectivity index (χ0n) is 18.3. The molecule has 0 spiro atoms. The van der Waals surface area contributed by atoms with Crippen molar-refractivity contribution in [1.82, 2.24) is 8.87 Å². The van der Waals surface area contributed by atoms with Crippen molar-refractivity contribution in [2.75, 3.05) is 31.1 Å². The first-order valence-corrected chi connectivity index (χ1v) is 12.2. The monoisotopic (exact) mass is 475 g/mol. The Morgan fingerprint density at radius 1 is 1.00 bits per heavy atom. The Hall–Kier alpha value is -2.71. The SMILES string of the molecule is CC(C)(C)OC(=O)N1CCN(c2cn(S(=O)(=O)c3cccc(Cl)c3)c3ccccc23)CC1. The molecule has 0 aliphatic carbocycles. The Balaban J connectivity index is 1.64. The molecule has 170 valence electrons. The number of carbonyl (C=O) groups excluding carboxylic acids is 1. The second kappa shape index (κ2) is 8.33. The Labute approximate surface area is 193 Å². The van der Waals surface area contributed by atoms with Crippen LogP contribution in [0.1, 0.15) is 20.8 Å². The maximum absolute atomic E-state index is 13.4. The fourth-order valence-electron chi connectivity index (χ4n) is 3.78. The maximum atomic E-state index is 13.4. The number of anilines is 1. The van der Waals surface area contributed by atoms with Crippen LogP contribution in [0.3, 0.4) is 0 Å². The molecule has 0 N–H and O–H groups in total. The lowest BCUT2D eigenvalue weighted by Gasteiger charge is -2.36. The minimum atomic E-state index is -3.83. The zero-order valence-corrected chi connectivity index (χ0v) is 19.9. The van der Waals surface area contributed by atoms with Gasteiger partial charge in [0.25, 0.3) is 10.0 Å². The topological polar surface area (TPSA) is 71.8 Å². The van der Waals surface area contributed by atoms with Gasteiger partial charge in [0.05, 0.1) is 16.1 Å². The molecule has 0 radical (unpaired) electrons. The van der Waals surface area contributed by atoms with Crippen LogP contribution in [0.25, 0.3) is 10.9 Å². The van der Waals surface area contributed by atoms with Crippen molar-refractivity contribution in [2.24, 2.45) is 0 Å². The minimum Gasteiger partial charge on any atom is -0.444 e. The first kappa shape index (κ1) is 22.5. The predicted molar refractivity (Wildman–Crippen MR) is 126 cm³/mol. The number of hydrogen-bond donors (Lipinski definition) is 0. The van der Waals surface area contributed by atoms with Crippen molar-refractivity contribution in [1.29, 1.82) is 0 Å². The number of aromatic nitrogens is 1. The van der Waals surface area contributed by atoms with Crippen molar-refractivity contribution < 1.29 is 17.9 Å². The number of halogens is 1. The minimum absolute atomic E-state index is 0.132. The van der Waals surface area contributed by atoms with Gasteiger partial charge in [-0.2, -0.15) is 0 Å².